The molecule has 1 fully saturated rings. The Kier molecular flexibility index (Phi) is 4.18. The minimum atomic E-state index is -4.07. The van der Waals surface area contributed by atoms with E-state index in [1.54, 1.807) is 17.9 Å². The third-order valence-electron chi connectivity index (χ3n) is 4.14. The molecule has 0 bridgehead atoms. The van der Waals surface area contributed by atoms with Gasteiger partial charge in [-0.2, -0.15) is 18.3 Å². The zero-order valence-electron chi connectivity index (χ0n) is 11.2. The van der Waals surface area contributed by atoms with Crippen molar-refractivity contribution in [1.29, 1.82) is 0 Å². The van der Waals surface area contributed by atoms with Gasteiger partial charge in [-0.1, -0.05) is 6.42 Å². The zero-order valence-corrected chi connectivity index (χ0v) is 11.2. The van der Waals surface area contributed by atoms with Gasteiger partial charge in [0.05, 0.1) is 17.7 Å². The highest BCUT2D eigenvalue weighted by atomic mass is 19.4. The largest absolute Gasteiger partial charge is 0.391 e. The molecule has 1 heterocycles. The summed E-state index contributed by atoms with van der Waals surface area (Å²) in [6, 6.07) is 1.82. The molecule has 1 N–H and O–H groups in total. The van der Waals surface area contributed by atoms with Crippen LogP contribution >= 0.6 is 0 Å². The van der Waals surface area contributed by atoms with E-state index in [4.69, 9.17) is 0 Å². The molecule has 1 aromatic heterocycles. The topological polar surface area (TPSA) is 29.9 Å². The number of aromatic nitrogens is 2. The smallest absolute Gasteiger partial charge is 0.311 e. The lowest BCUT2D eigenvalue weighted by Gasteiger charge is -2.35. The molecule has 19 heavy (non-hydrogen) atoms. The highest BCUT2D eigenvalue weighted by Gasteiger charge is 2.43. The maximum Gasteiger partial charge on any atom is 0.391 e. The molecule has 6 heteroatoms. The SMILES string of the molecule is CNC(c1ccnn1C)C1CCCC(C(F)(F)F)C1. The van der Waals surface area contributed by atoms with E-state index in [1.807, 2.05) is 13.1 Å². The molecule has 108 valence electrons. The molecule has 0 aromatic carbocycles. The summed E-state index contributed by atoms with van der Waals surface area (Å²) >= 11 is 0. The summed E-state index contributed by atoms with van der Waals surface area (Å²) in [5.41, 5.74) is 0.954. The number of nitrogens with zero attached hydrogens (tertiary/aromatic N) is 2. The van der Waals surface area contributed by atoms with E-state index in [0.717, 1.165) is 12.1 Å². The van der Waals surface area contributed by atoms with Gasteiger partial charge in [0.15, 0.2) is 0 Å². The maximum absolute atomic E-state index is 12.9. The van der Waals surface area contributed by atoms with E-state index in [2.05, 4.69) is 10.4 Å². The molecule has 3 atom stereocenters. The molecular weight excluding hydrogens is 255 g/mol. The fourth-order valence-electron chi connectivity index (χ4n) is 3.14. The minimum Gasteiger partial charge on any atom is -0.311 e. The Hall–Kier alpha value is -1.04. The van der Waals surface area contributed by atoms with Crippen molar-refractivity contribution in [2.24, 2.45) is 18.9 Å². The highest BCUT2D eigenvalue weighted by Crippen LogP contribution is 2.43. The lowest BCUT2D eigenvalue weighted by atomic mass is 9.76. The Balaban J connectivity index is 2.13. The van der Waals surface area contributed by atoms with Crippen molar-refractivity contribution in [3.63, 3.8) is 0 Å². The Morgan fingerprint density at radius 2 is 2.16 bits per heavy atom. The van der Waals surface area contributed by atoms with Crippen LogP contribution in [0.25, 0.3) is 0 Å². The van der Waals surface area contributed by atoms with Gasteiger partial charge >= 0.3 is 6.18 Å². The van der Waals surface area contributed by atoms with Gasteiger partial charge in [-0.15, -0.1) is 0 Å². The van der Waals surface area contributed by atoms with Gasteiger partial charge < -0.3 is 5.32 Å². The quantitative estimate of drug-likeness (QED) is 0.919. The van der Waals surface area contributed by atoms with Gasteiger partial charge in [0, 0.05) is 13.2 Å². The first-order valence-corrected chi connectivity index (χ1v) is 6.65. The van der Waals surface area contributed by atoms with Crippen molar-refractivity contribution in [1.82, 2.24) is 15.1 Å². The molecule has 0 amide bonds. The van der Waals surface area contributed by atoms with Crippen molar-refractivity contribution < 1.29 is 13.2 Å². The van der Waals surface area contributed by atoms with E-state index in [0.29, 0.717) is 6.42 Å². The average molecular weight is 275 g/mol. The third kappa shape index (κ3) is 3.11. The van der Waals surface area contributed by atoms with Crippen LogP contribution in [0.15, 0.2) is 12.3 Å². The second kappa shape index (κ2) is 5.53. The normalized spacial score (nSPS) is 26.4. The first kappa shape index (κ1) is 14.4. The predicted octanol–water partition coefficient (Wildman–Crippen LogP) is 3.05. The summed E-state index contributed by atoms with van der Waals surface area (Å²) in [7, 11) is 3.62. The van der Waals surface area contributed by atoms with Gasteiger partial charge in [0.25, 0.3) is 0 Å². The van der Waals surface area contributed by atoms with E-state index >= 15 is 0 Å². The van der Waals surface area contributed by atoms with E-state index < -0.39 is 12.1 Å². The van der Waals surface area contributed by atoms with Crippen LogP contribution in [0, 0.1) is 11.8 Å². The first-order valence-electron chi connectivity index (χ1n) is 6.65. The number of nitrogens with one attached hydrogen (secondary N) is 1. The Morgan fingerprint density at radius 3 is 2.68 bits per heavy atom. The van der Waals surface area contributed by atoms with E-state index in [1.165, 1.54) is 0 Å². The first-order chi connectivity index (χ1) is 8.93. The van der Waals surface area contributed by atoms with Crippen LogP contribution in [-0.4, -0.2) is 23.0 Å². The average Bonchev–Trinajstić information content (AvgIpc) is 2.76. The maximum atomic E-state index is 12.9. The van der Waals surface area contributed by atoms with Crippen LogP contribution in [-0.2, 0) is 7.05 Å². The van der Waals surface area contributed by atoms with Gasteiger partial charge in [-0.05, 0) is 38.3 Å². The van der Waals surface area contributed by atoms with Crippen molar-refractivity contribution in [2.45, 2.75) is 37.9 Å². The Labute approximate surface area is 111 Å². The second-order valence-corrected chi connectivity index (χ2v) is 5.31. The highest BCUT2D eigenvalue weighted by molar-refractivity contribution is 5.08. The molecule has 0 aliphatic heterocycles. The number of alkyl halides is 3. The van der Waals surface area contributed by atoms with Gasteiger partial charge in [-0.3, -0.25) is 4.68 Å². The standard InChI is InChI=1S/C13H20F3N3/c1-17-12(11-6-7-18-19(11)2)9-4-3-5-10(8-9)13(14,15)16/h6-7,9-10,12,17H,3-5,8H2,1-2H3. The molecule has 3 unspecified atom stereocenters. The molecule has 1 aliphatic carbocycles. The molecule has 1 aromatic rings. The number of aryl methyl sites for hydroxylation is 1. The number of halogens is 3. The monoisotopic (exact) mass is 275 g/mol. The van der Waals surface area contributed by atoms with Crippen molar-refractivity contribution in [3.05, 3.63) is 18.0 Å². The number of rotatable bonds is 3. The van der Waals surface area contributed by atoms with Crippen LogP contribution in [0.5, 0.6) is 0 Å². The van der Waals surface area contributed by atoms with Crippen LogP contribution in [0.2, 0.25) is 0 Å². The van der Waals surface area contributed by atoms with Crippen molar-refractivity contribution in [2.75, 3.05) is 7.05 Å². The fourth-order valence-corrected chi connectivity index (χ4v) is 3.14. The molecule has 0 spiro atoms. The lowest BCUT2D eigenvalue weighted by Crippen LogP contribution is -2.35. The lowest BCUT2D eigenvalue weighted by molar-refractivity contribution is -0.186. The minimum absolute atomic E-state index is 0.0146. The van der Waals surface area contributed by atoms with E-state index in [9.17, 15) is 13.2 Å². The molecule has 1 aliphatic rings. The molecule has 0 saturated heterocycles. The number of hydrogen-bond donors (Lipinski definition) is 1. The fraction of sp³-hybridized carbons (Fsp3) is 0.769. The van der Waals surface area contributed by atoms with Gasteiger partial charge in [0.1, 0.15) is 0 Å². The van der Waals surface area contributed by atoms with E-state index in [-0.39, 0.29) is 24.8 Å². The Bertz CT molecular complexity index is 414. The second-order valence-electron chi connectivity index (χ2n) is 5.31. The van der Waals surface area contributed by atoms with Crippen molar-refractivity contribution >= 4 is 0 Å². The van der Waals surface area contributed by atoms with Crippen LogP contribution in [0.3, 0.4) is 0 Å². The summed E-state index contributed by atoms with van der Waals surface area (Å²) in [4.78, 5) is 0. The molecule has 0 radical (unpaired) electrons. The Morgan fingerprint density at radius 1 is 1.42 bits per heavy atom. The molecule has 2 rings (SSSR count). The summed E-state index contributed by atoms with van der Waals surface area (Å²) in [5.74, 6) is -1.14. The van der Waals surface area contributed by atoms with Crippen LogP contribution in [0.1, 0.15) is 37.4 Å². The summed E-state index contributed by atoms with van der Waals surface area (Å²) < 4.78 is 40.3. The molecular formula is C13H20F3N3. The van der Waals surface area contributed by atoms with Crippen LogP contribution in [0.4, 0.5) is 13.2 Å². The van der Waals surface area contributed by atoms with Gasteiger partial charge in [0.2, 0.25) is 0 Å². The number of hydrogen-bond acceptors (Lipinski definition) is 2. The van der Waals surface area contributed by atoms with Gasteiger partial charge in [-0.25, -0.2) is 0 Å². The zero-order chi connectivity index (χ0) is 14.0. The van der Waals surface area contributed by atoms with Crippen molar-refractivity contribution in [3.8, 4) is 0 Å². The molecule has 3 nitrogen and oxygen atoms in total. The summed E-state index contributed by atoms with van der Waals surface area (Å²) in [5, 5.41) is 7.26. The predicted molar refractivity (Wildman–Crippen MR) is 66.5 cm³/mol. The third-order valence-corrected chi connectivity index (χ3v) is 4.14. The summed E-state index contributed by atoms with van der Waals surface area (Å²) in [6.45, 7) is 0. The summed E-state index contributed by atoms with van der Waals surface area (Å²) in [6.07, 6.45) is -0.427. The van der Waals surface area contributed by atoms with Crippen LogP contribution < -0.4 is 5.32 Å². The molecule has 1 saturated carbocycles.